The number of hydrogen-bond acceptors (Lipinski definition) is 8. The molecule has 236 valence electrons. The van der Waals surface area contributed by atoms with Crippen LogP contribution in [0.1, 0.15) is 44.2 Å². The summed E-state index contributed by atoms with van der Waals surface area (Å²) in [4.78, 5) is 21.3. The van der Waals surface area contributed by atoms with Crippen LogP contribution in [0.15, 0.2) is 42.6 Å². The van der Waals surface area contributed by atoms with Crippen LogP contribution in [-0.2, 0) is 4.79 Å². The quantitative estimate of drug-likeness (QED) is 0.276. The van der Waals surface area contributed by atoms with Crippen LogP contribution in [0, 0.1) is 30.5 Å². The van der Waals surface area contributed by atoms with Crippen molar-refractivity contribution in [3.63, 3.8) is 0 Å². The Morgan fingerprint density at radius 2 is 1.84 bits per heavy atom. The number of nitrogens with one attached hydrogen (secondary N) is 2. The molecule has 3 fully saturated rings. The second-order valence-corrected chi connectivity index (χ2v) is 12.8. The number of nitrogens with zero attached hydrogens (tertiary/aromatic N) is 5. The minimum atomic E-state index is -0.431. The lowest BCUT2D eigenvalue weighted by Crippen LogP contribution is -2.45. The zero-order valence-corrected chi connectivity index (χ0v) is 26.4. The van der Waals surface area contributed by atoms with E-state index >= 15 is 0 Å². The number of halogens is 2. The van der Waals surface area contributed by atoms with Crippen molar-refractivity contribution < 1.29 is 14.3 Å². The first-order chi connectivity index (χ1) is 21.3. The van der Waals surface area contributed by atoms with E-state index in [9.17, 15) is 9.18 Å². The lowest BCUT2D eigenvalue weighted by molar-refractivity contribution is -0.116. The van der Waals surface area contributed by atoms with Crippen LogP contribution in [0.25, 0.3) is 11.3 Å². The largest absolute Gasteiger partial charge is 0.396 e. The van der Waals surface area contributed by atoms with Gasteiger partial charge in [0.05, 0.1) is 17.1 Å². The van der Waals surface area contributed by atoms with Gasteiger partial charge in [-0.3, -0.25) is 4.79 Å². The van der Waals surface area contributed by atoms with Crippen LogP contribution in [0.5, 0.6) is 0 Å². The van der Waals surface area contributed by atoms with E-state index in [1.54, 1.807) is 31.3 Å². The van der Waals surface area contributed by atoms with Crippen molar-refractivity contribution in [1.29, 1.82) is 0 Å². The molecule has 3 N–H and O–H groups in total. The van der Waals surface area contributed by atoms with E-state index in [2.05, 4.69) is 42.7 Å². The molecule has 1 aromatic carbocycles. The summed E-state index contributed by atoms with van der Waals surface area (Å²) in [5.74, 6) is 2.68. The van der Waals surface area contributed by atoms with Crippen LogP contribution in [-0.4, -0.2) is 82.4 Å². The van der Waals surface area contributed by atoms with Crippen LogP contribution in [0.2, 0.25) is 5.02 Å². The number of likely N-dealkylation sites (N-methyl/N-ethyl adjacent to an activating group) is 1. The number of aliphatic hydroxyl groups is 1. The lowest BCUT2D eigenvalue weighted by atomic mass is 9.63. The second-order valence-electron chi connectivity index (χ2n) is 12.3. The third-order valence-corrected chi connectivity index (χ3v) is 9.32. The van der Waals surface area contributed by atoms with E-state index in [1.165, 1.54) is 50.3 Å². The summed E-state index contributed by atoms with van der Waals surface area (Å²) < 4.78 is 14.3. The van der Waals surface area contributed by atoms with Crippen molar-refractivity contribution in [3.8, 4) is 11.3 Å². The Hall–Kier alpha value is -3.18. The van der Waals surface area contributed by atoms with Gasteiger partial charge in [0.15, 0.2) is 0 Å². The molecule has 0 atom stereocenters. The third kappa shape index (κ3) is 8.72. The van der Waals surface area contributed by atoms with Gasteiger partial charge in [-0.1, -0.05) is 30.9 Å². The first-order valence-electron chi connectivity index (χ1n) is 15.6. The monoisotopic (exact) mass is 623 g/mol. The molecule has 3 heterocycles. The lowest BCUT2D eigenvalue weighted by Gasteiger charge is -2.43. The van der Waals surface area contributed by atoms with Gasteiger partial charge in [0.2, 0.25) is 5.91 Å². The number of aromatic nitrogens is 3. The molecule has 1 aliphatic heterocycles. The molecule has 0 bridgehead atoms. The molecule has 11 heteroatoms. The summed E-state index contributed by atoms with van der Waals surface area (Å²) in [6.45, 7) is 6.95. The van der Waals surface area contributed by atoms with E-state index in [4.69, 9.17) is 16.7 Å². The predicted molar refractivity (Wildman–Crippen MR) is 173 cm³/mol. The Balaban J connectivity index is 0.000000322. The molecule has 1 amide bonds. The average Bonchev–Trinajstić information content (AvgIpc) is 2.96. The number of rotatable bonds is 9. The van der Waals surface area contributed by atoms with Gasteiger partial charge in [-0.2, -0.15) is 10.2 Å². The van der Waals surface area contributed by atoms with Crippen LogP contribution >= 0.6 is 11.6 Å². The van der Waals surface area contributed by atoms with Gasteiger partial charge in [0.25, 0.3) is 0 Å². The molecule has 3 aliphatic rings. The summed E-state index contributed by atoms with van der Waals surface area (Å²) in [5.41, 5.74) is 2.63. The number of carbonyl (C=O) groups excluding carboxylic acids is 1. The maximum atomic E-state index is 14.3. The highest BCUT2D eigenvalue weighted by atomic mass is 35.5. The minimum Gasteiger partial charge on any atom is -0.396 e. The number of amides is 1. The highest BCUT2D eigenvalue weighted by molar-refractivity contribution is 6.30. The van der Waals surface area contributed by atoms with Gasteiger partial charge >= 0.3 is 0 Å². The maximum Gasteiger partial charge on any atom is 0.226 e. The molecule has 1 saturated heterocycles. The van der Waals surface area contributed by atoms with Gasteiger partial charge in [-0.15, -0.1) is 0 Å². The number of aliphatic hydroxyl groups excluding tert-OH is 1. The Kier molecular flexibility index (Phi) is 11.1. The summed E-state index contributed by atoms with van der Waals surface area (Å²) in [7, 11) is 2.11. The summed E-state index contributed by atoms with van der Waals surface area (Å²) in [6, 6.07) is 9.54. The summed E-state index contributed by atoms with van der Waals surface area (Å²) >= 11 is 6.02. The Morgan fingerprint density at radius 3 is 2.55 bits per heavy atom. The third-order valence-electron chi connectivity index (χ3n) is 9.09. The van der Waals surface area contributed by atoms with E-state index in [-0.39, 0.29) is 11.5 Å². The van der Waals surface area contributed by atoms with Crippen LogP contribution in [0.4, 0.5) is 21.6 Å². The molecule has 6 rings (SSSR count). The van der Waals surface area contributed by atoms with Crippen molar-refractivity contribution >= 4 is 34.7 Å². The van der Waals surface area contributed by atoms with E-state index < -0.39 is 5.82 Å². The van der Waals surface area contributed by atoms with Gasteiger partial charge in [-0.25, -0.2) is 9.37 Å². The first-order valence-corrected chi connectivity index (χ1v) is 16.0. The SMILES string of the molecule is Cc1nnc(-c2cc(Cl)ccc2F)cc1Nc1ccnc(NC(=O)CCN2CCN(C)CC2)c1.OCC1CC(C2CCC2)C1. The standard InChI is InChI=1S/C24H27ClFN7O.C9H16O/c1-16-21(15-22(31-30-16)19-13-17(25)3-4-20(19)26)28-18-5-7-27-23(14-18)29-24(34)6-8-33-11-9-32(2)10-12-33;10-6-7-4-9(5-7)8-2-1-3-8/h3-5,7,13-15H,6,8-12H2,1-2H3,(H2,27,28,29,31,34);7-10H,1-6H2. The Morgan fingerprint density at radius 1 is 1.07 bits per heavy atom. The number of benzene rings is 1. The molecule has 9 nitrogen and oxygen atoms in total. The van der Waals surface area contributed by atoms with Crippen molar-refractivity contribution in [1.82, 2.24) is 25.0 Å². The molecule has 0 spiro atoms. The first kappa shape index (κ1) is 32.2. The minimum absolute atomic E-state index is 0.0796. The topological polar surface area (TPSA) is 107 Å². The van der Waals surface area contributed by atoms with Gasteiger partial charge in [0.1, 0.15) is 11.6 Å². The van der Waals surface area contributed by atoms with Crippen molar-refractivity contribution in [3.05, 3.63) is 59.1 Å². The number of anilines is 3. The zero-order valence-electron chi connectivity index (χ0n) is 25.6. The molecular formula is C33H43ClFN7O2. The molecule has 2 aromatic heterocycles. The van der Waals surface area contributed by atoms with E-state index in [0.29, 0.717) is 52.5 Å². The molecule has 0 unspecified atom stereocenters. The molecule has 0 radical (unpaired) electrons. The molecular weight excluding hydrogens is 581 g/mol. The highest BCUT2D eigenvalue weighted by Crippen LogP contribution is 2.46. The van der Waals surface area contributed by atoms with Crippen molar-refractivity contribution in [2.24, 2.45) is 17.8 Å². The number of carbonyl (C=O) groups is 1. The number of pyridine rings is 1. The summed E-state index contributed by atoms with van der Waals surface area (Å²) in [5, 5.41) is 23.6. The van der Waals surface area contributed by atoms with Gasteiger partial charge in [-0.05, 0) is 74.9 Å². The fourth-order valence-electron chi connectivity index (χ4n) is 5.91. The van der Waals surface area contributed by atoms with Gasteiger partial charge < -0.3 is 25.5 Å². The highest BCUT2D eigenvalue weighted by Gasteiger charge is 2.36. The Labute approximate surface area is 264 Å². The fourth-order valence-corrected chi connectivity index (χ4v) is 6.08. The predicted octanol–water partition coefficient (Wildman–Crippen LogP) is 5.76. The molecule has 2 saturated carbocycles. The average molecular weight is 624 g/mol. The van der Waals surface area contributed by atoms with Crippen molar-refractivity contribution in [2.45, 2.75) is 45.4 Å². The maximum absolute atomic E-state index is 14.3. The fraction of sp³-hybridized carbons (Fsp3) is 0.515. The van der Waals surface area contributed by atoms with E-state index in [1.807, 2.05) is 0 Å². The van der Waals surface area contributed by atoms with Crippen LogP contribution in [0.3, 0.4) is 0 Å². The number of piperazine rings is 1. The molecule has 44 heavy (non-hydrogen) atoms. The smallest absolute Gasteiger partial charge is 0.226 e. The molecule has 2 aliphatic carbocycles. The number of hydrogen-bond donors (Lipinski definition) is 3. The van der Waals surface area contributed by atoms with Crippen molar-refractivity contribution in [2.75, 3.05) is 57.0 Å². The summed E-state index contributed by atoms with van der Waals surface area (Å²) in [6.07, 6.45) is 9.07. The zero-order chi connectivity index (χ0) is 31.1. The Bertz CT molecular complexity index is 1410. The van der Waals surface area contributed by atoms with Crippen LogP contribution < -0.4 is 10.6 Å². The van der Waals surface area contributed by atoms with Gasteiger partial charge in [0, 0.05) is 74.3 Å². The van der Waals surface area contributed by atoms with E-state index in [0.717, 1.165) is 44.6 Å². The second kappa shape index (κ2) is 15.2. The number of aryl methyl sites for hydroxylation is 1. The normalized spacial score (nSPS) is 20.6. The molecule has 3 aromatic rings.